The van der Waals surface area contributed by atoms with Gasteiger partial charge in [-0.25, -0.2) is 10.9 Å². The van der Waals surface area contributed by atoms with Gasteiger partial charge in [0, 0.05) is 16.6 Å². The van der Waals surface area contributed by atoms with E-state index in [1.165, 1.54) is 4.90 Å². The van der Waals surface area contributed by atoms with Gasteiger partial charge in [-0.05, 0) is 17.0 Å². The van der Waals surface area contributed by atoms with Crippen LogP contribution in [0, 0.1) is 0 Å². The Morgan fingerprint density at radius 2 is 1.77 bits per heavy atom. The Hall–Kier alpha value is -1.57. The van der Waals surface area contributed by atoms with Gasteiger partial charge in [-0.15, -0.1) is 0 Å². The molecule has 0 bridgehead atoms. The zero-order valence-corrected chi connectivity index (χ0v) is 15.5. The van der Waals surface area contributed by atoms with E-state index in [4.69, 9.17) is 14.2 Å². The van der Waals surface area contributed by atoms with Gasteiger partial charge in [0.2, 0.25) is 0 Å². The lowest BCUT2D eigenvalue weighted by Gasteiger charge is -2.49. The Kier molecular flexibility index (Phi) is 5.20. The average Bonchev–Trinajstić information content (AvgIpc) is 2.71. The fourth-order valence-electron chi connectivity index (χ4n) is 3.65. The van der Waals surface area contributed by atoms with Crippen molar-refractivity contribution in [3.8, 4) is 5.75 Å². The number of aliphatic hydroxyl groups excluding tert-OH is 2. The highest BCUT2D eigenvalue weighted by molar-refractivity contribution is 8.17. The summed E-state index contributed by atoms with van der Waals surface area (Å²) >= 11 is 0. The van der Waals surface area contributed by atoms with Gasteiger partial charge in [0.05, 0.1) is 19.8 Å². The van der Waals surface area contributed by atoms with Gasteiger partial charge in [-0.2, -0.15) is 0 Å². The van der Waals surface area contributed by atoms with Crippen LogP contribution in [0.3, 0.4) is 0 Å². The van der Waals surface area contributed by atoms with E-state index >= 15 is 0 Å². The molecule has 0 spiro atoms. The second kappa shape index (κ2) is 7.58. The van der Waals surface area contributed by atoms with Crippen molar-refractivity contribution in [2.75, 3.05) is 19.5 Å². The van der Waals surface area contributed by atoms with Gasteiger partial charge in [-0.3, -0.25) is 0 Å². The van der Waals surface area contributed by atoms with Gasteiger partial charge in [-0.1, -0.05) is 42.5 Å². The van der Waals surface area contributed by atoms with Crippen molar-refractivity contribution >= 4 is 10.9 Å². The lowest BCUT2D eigenvalue weighted by atomic mass is 10.0. The third-order valence-corrected chi connectivity index (χ3v) is 8.04. The molecule has 2 aliphatic rings. The van der Waals surface area contributed by atoms with Crippen LogP contribution in [0.4, 0.5) is 0 Å². The summed E-state index contributed by atoms with van der Waals surface area (Å²) in [6.07, 6.45) is -2.66. The van der Waals surface area contributed by atoms with E-state index in [9.17, 15) is 10.2 Å². The summed E-state index contributed by atoms with van der Waals surface area (Å²) in [6, 6.07) is 17.7. The van der Waals surface area contributed by atoms with Crippen LogP contribution >= 0.6 is 10.9 Å². The molecule has 1 unspecified atom stereocenters. The summed E-state index contributed by atoms with van der Waals surface area (Å²) in [7, 11) is 0.958. The summed E-state index contributed by atoms with van der Waals surface area (Å²) in [6.45, 7) is 0.506. The summed E-state index contributed by atoms with van der Waals surface area (Å²) < 4.78 is 17.3. The molecule has 2 saturated heterocycles. The summed E-state index contributed by atoms with van der Waals surface area (Å²) in [5.74, 6) is 1.34. The molecule has 0 amide bonds. The average molecular weight is 376 g/mol. The predicted molar refractivity (Wildman–Crippen MR) is 101 cm³/mol. The maximum atomic E-state index is 10.5. The predicted octanol–water partition coefficient (Wildman–Crippen LogP) is 2.27. The standard InChI is InChI=1S/C20H24O5S/c1-23-14-9-7-13(8-10-14)20-24-11-17-19(25-20)18(22)16(21)12-26(17)15-5-3-2-4-6-15/h2-10,16-22,26H,11-12H2,1H3/t16-,17+,18+,19-,20-/m0/s1. The van der Waals surface area contributed by atoms with Crippen molar-refractivity contribution in [1.29, 1.82) is 0 Å². The Balaban J connectivity index is 1.56. The topological polar surface area (TPSA) is 68.2 Å². The molecule has 2 aromatic rings. The molecule has 0 saturated carbocycles. The number of ether oxygens (including phenoxy) is 3. The van der Waals surface area contributed by atoms with Crippen LogP contribution in [-0.4, -0.2) is 53.2 Å². The number of hydrogen-bond donors (Lipinski definition) is 3. The zero-order valence-electron chi connectivity index (χ0n) is 14.6. The fourth-order valence-corrected chi connectivity index (χ4v) is 6.55. The molecule has 2 aromatic carbocycles. The van der Waals surface area contributed by atoms with E-state index in [2.05, 4.69) is 12.1 Å². The second-order valence-corrected chi connectivity index (χ2v) is 9.14. The zero-order chi connectivity index (χ0) is 18.1. The first-order chi connectivity index (χ1) is 12.7. The molecule has 0 aromatic heterocycles. The van der Waals surface area contributed by atoms with Gasteiger partial charge in [0.25, 0.3) is 0 Å². The van der Waals surface area contributed by atoms with Crippen LogP contribution in [0.2, 0.25) is 0 Å². The van der Waals surface area contributed by atoms with Gasteiger partial charge in [0.1, 0.15) is 18.0 Å². The molecule has 4 rings (SSSR count). The van der Waals surface area contributed by atoms with E-state index < -0.39 is 35.5 Å². The molecule has 0 radical (unpaired) electrons. The smallest absolute Gasteiger partial charge is 0.184 e. The Morgan fingerprint density at radius 3 is 2.46 bits per heavy atom. The maximum absolute atomic E-state index is 10.5. The summed E-state index contributed by atoms with van der Waals surface area (Å²) in [5, 5.41) is 21.0. The number of fused-ring (bicyclic) bond motifs is 1. The van der Waals surface area contributed by atoms with Gasteiger partial charge in [0.15, 0.2) is 6.29 Å². The second-order valence-electron chi connectivity index (χ2n) is 6.65. The van der Waals surface area contributed by atoms with Gasteiger partial charge < -0.3 is 24.4 Å². The lowest BCUT2D eigenvalue weighted by Crippen LogP contribution is -2.56. The first-order valence-corrected chi connectivity index (χ1v) is 10.4. The third kappa shape index (κ3) is 3.35. The van der Waals surface area contributed by atoms with Crippen molar-refractivity contribution < 1.29 is 24.4 Å². The van der Waals surface area contributed by atoms with Crippen LogP contribution in [-0.2, 0) is 9.47 Å². The number of thiol groups is 1. The number of rotatable bonds is 3. The Morgan fingerprint density at radius 1 is 1.04 bits per heavy atom. The monoisotopic (exact) mass is 376 g/mol. The molecule has 5 nitrogen and oxygen atoms in total. The number of aliphatic hydroxyl groups is 2. The Bertz CT molecular complexity index is 723. The van der Waals surface area contributed by atoms with Crippen molar-refractivity contribution in [3.63, 3.8) is 0 Å². The minimum absolute atomic E-state index is 0.0697. The number of hydrogen-bond acceptors (Lipinski definition) is 5. The molecular weight excluding hydrogens is 352 g/mol. The number of benzene rings is 2. The van der Waals surface area contributed by atoms with Crippen molar-refractivity contribution in [2.45, 2.75) is 34.7 Å². The molecule has 2 heterocycles. The van der Waals surface area contributed by atoms with E-state index in [0.717, 1.165) is 11.3 Å². The highest BCUT2D eigenvalue weighted by Gasteiger charge is 2.47. The molecule has 6 heteroatoms. The molecule has 0 aliphatic carbocycles. The van der Waals surface area contributed by atoms with Crippen molar-refractivity contribution in [1.82, 2.24) is 0 Å². The normalized spacial score (nSPS) is 35.5. The molecule has 26 heavy (non-hydrogen) atoms. The molecular formula is C20H24O5S. The summed E-state index contributed by atoms with van der Waals surface area (Å²) in [4.78, 5) is 1.21. The van der Waals surface area contributed by atoms with Crippen LogP contribution in [0.1, 0.15) is 11.9 Å². The highest BCUT2D eigenvalue weighted by atomic mass is 32.2. The number of methoxy groups -OCH3 is 1. The highest BCUT2D eigenvalue weighted by Crippen LogP contribution is 2.50. The fraction of sp³-hybridized carbons (Fsp3) is 0.400. The van der Waals surface area contributed by atoms with Crippen molar-refractivity contribution in [2.24, 2.45) is 0 Å². The lowest BCUT2D eigenvalue weighted by molar-refractivity contribution is -0.244. The van der Waals surface area contributed by atoms with Crippen LogP contribution in [0.5, 0.6) is 5.75 Å². The van der Waals surface area contributed by atoms with E-state index in [1.54, 1.807) is 7.11 Å². The van der Waals surface area contributed by atoms with Crippen LogP contribution in [0.25, 0.3) is 0 Å². The molecule has 2 N–H and O–H groups in total. The molecule has 140 valence electrons. The quantitative estimate of drug-likeness (QED) is 0.717. The minimum Gasteiger partial charge on any atom is -0.497 e. The SMILES string of the molecule is COc1ccc([C@H]2OC[C@@H]3[C@H](O2)[C@H](O)[C@@H](O)C[SH]3c2ccccc2)cc1. The molecule has 2 aliphatic heterocycles. The van der Waals surface area contributed by atoms with Crippen LogP contribution in [0.15, 0.2) is 59.5 Å². The first kappa shape index (κ1) is 17.8. The van der Waals surface area contributed by atoms with E-state index in [-0.39, 0.29) is 5.25 Å². The van der Waals surface area contributed by atoms with Crippen molar-refractivity contribution in [3.05, 3.63) is 60.2 Å². The van der Waals surface area contributed by atoms with E-state index in [0.29, 0.717) is 12.4 Å². The molecule has 6 atom stereocenters. The van der Waals surface area contributed by atoms with Gasteiger partial charge >= 0.3 is 0 Å². The maximum Gasteiger partial charge on any atom is 0.184 e. The van der Waals surface area contributed by atoms with Crippen LogP contribution < -0.4 is 4.74 Å². The summed E-state index contributed by atoms with van der Waals surface area (Å²) in [5.41, 5.74) is 0.876. The third-order valence-electron chi connectivity index (χ3n) is 5.07. The van der Waals surface area contributed by atoms with E-state index in [1.807, 2.05) is 42.5 Å². The minimum atomic E-state index is -0.896. The molecule has 2 fully saturated rings. The largest absolute Gasteiger partial charge is 0.497 e. The Labute approximate surface area is 155 Å². The first-order valence-electron chi connectivity index (χ1n) is 8.76.